The molecule has 32 heavy (non-hydrogen) atoms. The van der Waals surface area contributed by atoms with Gasteiger partial charge in [-0.3, -0.25) is 19.4 Å². The maximum atomic E-state index is 12.7. The van der Waals surface area contributed by atoms with E-state index in [1.165, 1.54) is 0 Å². The first-order chi connectivity index (χ1) is 15.5. The van der Waals surface area contributed by atoms with Gasteiger partial charge in [-0.1, -0.05) is 23.7 Å². The van der Waals surface area contributed by atoms with E-state index in [0.29, 0.717) is 53.2 Å². The van der Waals surface area contributed by atoms with Gasteiger partial charge in [0, 0.05) is 17.1 Å². The molecule has 162 valence electrons. The maximum absolute atomic E-state index is 12.7. The Morgan fingerprint density at radius 1 is 1.12 bits per heavy atom. The molecular weight excluding hydrogens is 436 g/mol. The lowest BCUT2D eigenvalue weighted by molar-refractivity contribution is 0.423. The highest BCUT2D eigenvalue weighted by atomic mass is 35.5. The Labute approximate surface area is 184 Å². The third kappa shape index (κ3) is 3.52. The Morgan fingerprint density at radius 3 is 2.72 bits per heavy atom. The van der Waals surface area contributed by atoms with Crippen molar-refractivity contribution in [2.75, 3.05) is 0 Å². The second-order valence-electron chi connectivity index (χ2n) is 7.16. The molecule has 0 spiro atoms. The van der Waals surface area contributed by atoms with Gasteiger partial charge in [0.15, 0.2) is 11.5 Å². The lowest BCUT2D eigenvalue weighted by atomic mass is 10.2. The number of nitrogens with one attached hydrogen (secondary N) is 3. The van der Waals surface area contributed by atoms with E-state index in [9.17, 15) is 9.59 Å². The number of hydrogen-bond donors (Lipinski definition) is 3. The molecule has 0 fully saturated rings. The van der Waals surface area contributed by atoms with Crippen molar-refractivity contribution in [2.24, 2.45) is 0 Å². The van der Waals surface area contributed by atoms with Crippen molar-refractivity contribution in [1.29, 1.82) is 0 Å². The van der Waals surface area contributed by atoms with Crippen LogP contribution in [-0.4, -0.2) is 39.9 Å². The van der Waals surface area contributed by atoms with Crippen LogP contribution in [0.15, 0.2) is 44.6 Å². The average molecular weight is 453 g/mol. The second-order valence-corrected chi connectivity index (χ2v) is 7.59. The molecular formula is C20H17ClN8O3. The Hall–Kier alpha value is -3.99. The van der Waals surface area contributed by atoms with E-state index in [2.05, 4.69) is 35.3 Å². The summed E-state index contributed by atoms with van der Waals surface area (Å²) in [5.74, 6) is 1.21. The topological polar surface area (TPSA) is 151 Å². The molecule has 0 saturated heterocycles. The van der Waals surface area contributed by atoms with Crippen LogP contribution >= 0.6 is 11.6 Å². The molecule has 3 N–H and O–H groups in total. The summed E-state index contributed by atoms with van der Waals surface area (Å²) < 4.78 is 6.50. The predicted octanol–water partition coefficient (Wildman–Crippen LogP) is 2.51. The molecule has 0 aliphatic heterocycles. The summed E-state index contributed by atoms with van der Waals surface area (Å²) in [6.07, 6.45) is 2.53. The zero-order chi connectivity index (χ0) is 22.2. The number of fused-ring (bicyclic) bond motifs is 1. The molecule has 0 amide bonds. The molecule has 0 aliphatic carbocycles. The number of aromatic amines is 3. The minimum Gasteiger partial charge on any atom is -0.334 e. The average Bonchev–Trinajstić information content (AvgIpc) is 3.52. The lowest BCUT2D eigenvalue weighted by Crippen LogP contribution is -2.34. The number of benzene rings is 1. The number of imidazole rings is 1. The van der Waals surface area contributed by atoms with E-state index < -0.39 is 11.2 Å². The Bertz CT molecular complexity index is 1520. The fourth-order valence-electron chi connectivity index (χ4n) is 3.41. The molecule has 5 aromatic rings. The van der Waals surface area contributed by atoms with Gasteiger partial charge in [-0.05, 0) is 30.7 Å². The Balaban J connectivity index is 1.47. The van der Waals surface area contributed by atoms with E-state index >= 15 is 0 Å². The first-order valence-corrected chi connectivity index (χ1v) is 10.2. The largest absolute Gasteiger partial charge is 0.334 e. The molecule has 12 heteroatoms. The molecule has 5 rings (SSSR count). The van der Waals surface area contributed by atoms with Crippen LogP contribution in [-0.2, 0) is 13.0 Å². The quantitative estimate of drug-likeness (QED) is 0.358. The van der Waals surface area contributed by atoms with Crippen molar-refractivity contribution < 1.29 is 4.52 Å². The van der Waals surface area contributed by atoms with Gasteiger partial charge in [-0.15, -0.1) is 0 Å². The van der Waals surface area contributed by atoms with Crippen LogP contribution in [0.3, 0.4) is 0 Å². The lowest BCUT2D eigenvalue weighted by Gasteiger charge is -2.00. The fourth-order valence-corrected chi connectivity index (χ4v) is 3.54. The predicted molar refractivity (Wildman–Crippen MR) is 116 cm³/mol. The molecule has 0 atom stereocenters. The van der Waals surface area contributed by atoms with Gasteiger partial charge in [-0.25, -0.2) is 9.78 Å². The first kappa shape index (κ1) is 19.9. The standard InChI is InChI=1S/C20H17ClN8O3/c1-2-7-29-19(30)15-17(26-20(29)31)25-16(24-15)12-9-22-27-13(12)8-14-23-18(32-28-14)10-3-5-11(21)6-4-10/h3-6,9H,2,7-8H2,1H3,(H,22,27)(H,24,25)(H,26,31). The van der Waals surface area contributed by atoms with Crippen molar-refractivity contribution in [1.82, 2.24) is 39.9 Å². The Kier molecular flexibility index (Phi) is 4.94. The van der Waals surface area contributed by atoms with E-state index in [1.54, 1.807) is 30.5 Å². The second kappa shape index (κ2) is 7.93. The highest BCUT2D eigenvalue weighted by molar-refractivity contribution is 6.30. The van der Waals surface area contributed by atoms with E-state index in [1.807, 2.05) is 6.92 Å². The first-order valence-electron chi connectivity index (χ1n) is 9.87. The molecule has 0 aliphatic rings. The van der Waals surface area contributed by atoms with Crippen molar-refractivity contribution in [3.8, 4) is 22.8 Å². The number of nitrogens with zero attached hydrogens (tertiary/aromatic N) is 5. The summed E-state index contributed by atoms with van der Waals surface area (Å²) in [5, 5.41) is 11.6. The molecule has 4 heterocycles. The van der Waals surface area contributed by atoms with Crippen LogP contribution in [0.25, 0.3) is 34.0 Å². The zero-order valence-electron chi connectivity index (χ0n) is 16.8. The van der Waals surface area contributed by atoms with Crippen molar-refractivity contribution in [3.63, 3.8) is 0 Å². The molecule has 0 saturated carbocycles. The van der Waals surface area contributed by atoms with Gasteiger partial charge in [0.1, 0.15) is 11.3 Å². The fraction of sp³-hybridized carbons (Fsp3) is 0.200. The Morgan fingerprint density at radius 2 is 1.94 bits per heavy atom. The maximum Gasteiger partial charge on any atom is 0.330 e. The molecule has 4 aromatic heterocycles. The summed E-state index contributed by atoms with van der Waals surface area (Å²) in [4.78, 5) is 39.3. The van der Waals surface area contributed by atoms with Gasteiger partial charge in [0.05, 0.1) is 23.9 Å². The van der Waals surface area contributed by atoms with Gasteiger partial charge < -0.3 is 9.51 Å². The highest BCUT2D eigenvalue weighted by Crippen LogP contribution is 2.24. The number of aromatic nitrogens is 8. The van der Waals surface area contributed by atoms with E-state index in [0.717, 1.165) is 10.1 Å². The molecule has 0 bridgehead atoms. The number of hydrogen-bond acceptors (Lipinski definition) is 7. The van der Waals surface area contributed by atoms with Gasteiger partial charge >= 0.3 is 5.69 Å². The third-order valence-corrected chi connectivity index (χ3v) is 5.20. The van der Waals surface area contributed by atoms with E-state index in [4.69, 9.17) is 16.1 Å². The normalized spacial score (nSPS) is 11.4. The van der Waals surface area contributed by atoms with Gasteiger partial charge in [0.2, 0.25) is 0 Å². The molecule has 0 radical (unpaired) electrons. The van der Waals surface area contributed by atoms with Crippen molar-refractivity contribution in [3.05, 3.63) is 67.8 Å². The van der Waals surface area contributed by atoms with Crippen LogP contribution in [0.4, 0.5) is 0 Å². The summed E-state index contributed by atoms with van der Waals surface area (Å²) in [6.45, 7) is 2.21. The van der Waals surface area contributed by atoms with Crippen LogP contribution in [0.1, 0.15) is 24.9 Å². The van der Waals surface area contributed by atoms with Gasteiger partial charge in [-0.2, -0.15) is 10.1 Å². The van der Waals surface area contributed by atoms with Gasteiger partial charge in [0.25, 0.3) is 11.4 Å². The van der Waals surface area contributed by atoms with E-state index in [-0.39, 0.29) is 11.2 Å². The molecule has 1 aromatic carbocycles. The number of H-pyrrole nitrogens is 3. The highest BCUT2D eigenvalue weighted by Gasteiger charge is 2.18. The number of rotatable bonds is 6. The molecule has 0 unspecified atom stereocenters. The SMILES string of the molecule is CCCn1c(=O)[nH]c2nc(-c3cn[nH]c3Cc3noc(-c4ccc(Cl)cc4)n3)[nH]c2c1=O. The minimum atomic E-state index is -0.489. The monoisotopic (exact) mass is 452 g/mol. The zero-order valence-corrected chi connectivity index (χ0v) is 17.6. The van der Waals surface area contributed by atoms with Crippen molar-refractivity contribution >= 4 is 22.8 Å². The summed E-state index contributed by atoms with van der Waals surface area (Å²) >= 11 is 5.92. The summed E-state index contributed by atoms with van der Waals surface area (Å²) in [5.41, 5.74) is 1.56. The van der Waals surface area contributed by atoms with Crippen LogP contribution in [0, 0.1) is 0 Å². The van der Waals surface area contributed by atoms with Crippen molar-refractivity contribution in [2.45, 2.75) is 26.3 Å². The smallest absolute Gasteiger partial charge is 0.330 e. The van der Waals surface area contributed by atoms with Crippen LogP contribution in [0.5, 0.6) is 0 Å². The van der Waals surface area contributed by atoms with Crippen LogP contribution < -0.4 is 11.2 Å². The number of halogens is 1. The van der Waals surface area contributed by atoms with Crippen LogP contribution in [0.2, 0.25) is 5.02 Å². The third-order valence-electron chi connectivity index (χ3n) is 4.95. The minimum absolute atomic E-state index is 0.194. The molecule has 11 nitrogen and oxygen atoms in total. The summed E-state index contributed by atoms with van der Waals surface area (Å²) in [7, 11) is 0. The summed E-state index contributed by atoms with van der Waals surface area (Å²) in [6, 6.07) is 7.08.